The van der Waals surface area contributed by atoms with E-state index < -0.39 is 0 Å². The van der Waals surface area contributed by atoms with Crippen LogP contribution in [0.25, 0.3) is 0 Å². The molecule has 0 saturated carbocycles. The van der Waals surface area contributed by atoms with E-state index >= 15 is 0 Å². The first-order valence-electron chi connectivity index (χ1n) is 2.70. The first-order valence-corrected chi connectivity index (χ1v) is 2.70. The predicted octanol–water partition coefficient (Wildman–Crippen LogP) is 0.108. The second-order valence-electron chi connectivity index (χ2n) is 2.03. The van der Waals surface area contributed by atoms with Gasteiger partial charge in [-0.25, -0.2) is 4.99 Å². The number of nitrogens with two attached hydrogens (primary N) is 1. The Morgan fingerprint density at radius 1 is 1.62 bits per heavy atom. The van der Waals surface area contributed by atoms with Crippen molar-refractivity contribution < 1.29 is 4.74 Å². The van der Waals surface area contributed by atoms with Crippen molar-refractivity contribution in [2.75, 3.05) is 0 Å². The number of aliphatic imine (C=N–C) groups is 1. The molecule has 1 rings (SSSR count). The molecular formula is C5H10N2O. The predicted molar refractivity (Wildman–Crippen MR) is 31.6 cm³/mol. The smallest absolute Gasteiger partial charge is 0.282 e. The number of nitrogens with zero attached hydrogens (tertiary/aromatic N) is 1. The number of ether oxygens (including phenoxy) is 1. The fraction of sp³-hybridized carbons (Fsp3) is 0.800. The summed E-state index contributed by atoms with van der Waals surface area (Å²) in [5.41, 5.74) is 5.24. The SMILES string of the molecule is C[C@@H]1N=C(N)O[C@@H]1C. The van der Waals surface area contributed by atoms with Gasteiger partial charge in [0.15, 0.2) is 0 Å². The van der Waals surface area contributed by atoms with Gasteiger partial charge in [-0.1, -0.05) is 0 Å². The van der Waals surface area contributed by atoms with Crippen LogP contribution in [0.4, 0.5) is 0 Å². The molecule has 1 aliphatic heterocycles. The maximum Gasteiger partial charge on any atom is 0.282 e. The van der Waals surface area contributed by atoms with E-state index in [2.05, 4.69) is 4.99 Å². The molecule has 0 spiro atoms. The number of hydrogen-bond donors (Lipinski definition) is 1. The first-order chi connectivity index (χ1) is 3.70. The Kier molecular flexibility index (Phi) is 1.12. The Balaban J connectivity index is 2.56. The molecular weight excluding hydrogens is 104 g/mol. The van der Waals surface area contributed by atoms with Gasteiger partial charge in [0, 0.05) is 0 Å². The Morgan fingerprint density at radius 3 is 2.38 bits per heavy atom. The number of hydrogen-bond acceptors (Lipinski definition) is 3. The highest BCUT2D eigenvalue weighted by molar-refractivity contribution is 5.73. The summed E-state index contributed by atoms with van der Waals surface area (Å²) >= 11 is 0. The summed E-state index contributed by atoms with van der Waals surface area (Å²) in [6.45, 7) is 3.93. The van der Waals surface area contributed by atoms with Crippen molar-refractivity contribution in [1.82, 2.24) is 0 Å². The zero-order chi connectivity index (χ0) is 6.15. The van der Waals surface area contributed by atoms with Crippen LogP contribution in [0.15, 0.2) is 4.99 Å². The lowest BCUT2D eigenvalue weighted by Crippen LogP contribution is -2.17. The molecule has 0 amide bonds. The highest BCUT2D eigenvalue weighted by Crippen LogP contribution is 2.08. The largest absolute Gasteiger partial charge is 0.460 e. The van der Waals surface area contributed by atoms with Crippen LogP contribution in [0.5, 0.6) is 0 Å². The maximum absolute atomic E-state index is 5.24. The molecule has 2 N–H and O–H groups in total. The van der Waals surface area contributed by atoms with Crippen molar-refractivity contribution in [2.45, 2.75) is 26.0 Å². The van der Waals surface area contributed by atoms with E-state index in [0.29, 0.717) is 6.02 Å². The molecule has 0 aliphatic carbocycles. The second-order valence-corrected chi connectivity index (χ2v) is 2.03. The van der Waals surface area contributed by atoms with Gasteiger partial charge in [-0.2, -0.15) is 0 Å². The lowest BCUT2D eigenvalue weighted by Gasteiger charge is -2.04. The fourth-order valence-corrected chi connectivity index (χ4v) is 0.625. The van der Waals surface area contributed by atoms with Crippen LogP contribution in [0.1, 0.15) is 13.8 Å². The van der Waals surface area contributed by atoms with Crippen LogP contribution in [-0.4, -0.2) is 18.2 Å². The van der Waals surface area contributed by atoms with Gasteiger partial charge in [0.05, 0.1) is 6.04 Å². The normalized spacial score (nSPS) is 36.5. The lowest BCUT2D eigenvalue weighted by molar-refractivity contribution is 0.215. The monoisotopic (exact) mass is 114 g/mol. The van der Waals surface area contributed by atoms with Gasteiger partial charge in [-0.15, -0.1) is 0 Å². The van der Waals surface area contributed by atoms with Gasteiger partial charge in [0.1, 0.15) is 6.10 Å². The Morgan fingerprint density at radius 2 is 2.25 bits per heavy atom. The summed E-state index contributed by atoms with van der Waals surface area (Å²) in [6, 6.07) is 0.556. The average Bonchev–Trinajstić information content (AvgIpc) is 1.85. The Labute approximate surface area is 48.5 Å². The van der Waals surface area contributed by atoms with Gasteiger partial charge in [-0.05, 0) is 13.8 Å². The molecule has 0 aromatic rings. The third-order valence-corrected chi connectivity index (χ3v) is 1.32. The summed E-state index contributed by atoms with van der Waals surface area (Å²) < 4.78 is 5.00. The summed E-state index contributed by atoms with van der Waals surface area (Å²) in [7, 11) is 0. The molecule has 0 bridgehead atoms. The Hall–Kier alpha value is -0.730. The molecule has 0 aromatic carbocycles. The third-order valence-electron chi connectivity index (χ3n) is 1.32. The van der Waals surface area contributed by atoms with Crippen LogP contribution < -0.4 is 5.73 Å². The molecule has 0 aromatic heterocycles. The topological polar surface area (TPSA) is 47.6 Å². The summed E-state index contributed by atoms with van der Waals surface area (Å²) in [5, 5.41) is 0. The van der Waals surface area contributed by atoms with Gasteiger partial charge in [0.2, 0.25) is 0 Å². The van der Waals surface area contributed by atoms with Crippen molar-refractivity contribution in [3.8, 4) is 0 Å². The van der Waals surface area contributed by atoms with Crippen molar-refractivity contribution in [2.24, 2.45) is 10.7 Å². The molecule has 3 nitrogen and oxygen atoms in total. The molecule has 1 heterocycles. The molecule has 3 heteroatoms. The van der Waals surface area contributed by atoms with Crippen molar-refractivity contribution in [3.63, 3.8) is 0 Å². The fourth-order valence-electron chi connectivity index (χ4n) is 0.625. The van der Waals surface area contributed by atoms with Crippen LogP contribution in [-0.2, 0) is 4.74 Å². The lowest BCUT2D eigenvalue weighted by atomic mass is 10.2. The first kappa shape index (κ1) is 5.41. The van der Waals surface area contributed by atoms with Crippen molar-refractivity contribution >= 4 is 6.02 Å². The molecule has 46 valence electrons. The van der Waals surface area contributed by atoms with E-state index in [-0.39, 0.29) is 12.1 Å². The quantitative estimate of drug-likeness (QED) is 0.485. The van der Waals surface area contributed by atoms with Crippen LogP contribution >= 0.6 is 0 Å². The van der Waals surface area contributed by atoms with Crippen molar-refractivity contribution in [1.29, 1.82) is 0 Å². The Bertz CT molecular complexity index is 122. The zero-order valence-electron chi connectivity index (χ0n) is 5.09. The number of amidine groups is 1. The van der Waals surface area contributed by atoms with E-state index in [1.165, 1.54) is 0 Å². The van der Waals surface area contributed by atoms with Crippen LogP contribution in [0, 0.1) is 0 Å². The summed E-state index contributed by atoms with van der Waals surface area (Å²) in [4.78, 5) is 3.94. The minimum Gasteiger partial charge on any atom is -0.460 e. The highest BCUT2D eigenvalue weighted by atomic mass is 16.5. The minimum absolute atomic E-state index is 0.162. The minimum atomic E-state index is 0.162. The van der Waals surface area contributed by atoms with Crippen molar-refractivity contribution in [3.05, 3.63) is 0 Å². The maximum atomic E-state index is 5.24. The molecule has 0 saturated heterocycles. The standard InChI is InChI=1S/C5H10N2O/c1-3-4(2)8-5(6)7-3/h3-4H,1-2H3,(H2,6,7)/t3-,4+/m0/s1. The molecule has 8 heavy (non-hydrogen) atoms. The van der Waals surface area contributed by atoms with E-state index in [4.69, 9.17) is 10.5 Å². The summed E-state index contributed by atoms with van der Waals surface area (Å²) in [6.07, 6.45) is 0.162. The summed E-state index contributed by atoms with van der Waals surface area (Å²) in [5.74, 6) is 0. The van der Waals surface area contributed by atoms with Crippen LogP contribution in [0.3, 0.4) is 0 Å². The zero-order valence-corrected chi connectivity index (χ0v) is 5.09. The molecule has 0 radical (unpaired) electrons. The average molecular weight is 114 g/mol. The molecule has 0 unspecified atom stereocenters. The van der Waals surface area contributed by atoms with E-state index in [0.717, 1.165) is 0 Å². The van der Waals surface area contributed by atoms with E-state index in [1.54, 1.807) is 0 Å². The molecule has 1 aliphatic rings. The molecule has 2 atom stereocenters. The van der Waals surface area contributed by atoms with Gasteiger partial charge in [-0.3, -0.25) is 0 Å². The van der Waals surface area contributed by atoms with Gasteiger partial charge < -0.3 is 10.5 Å². The molecule has 0 fully saturated rings. The van der Waals surface area contributed by atoms with Gasteiger partial charge >= 0.3 is 0 Å². The van der Waals surface area contributed by atoms with Crippen LogP contribution in [0.2, 0.25) is 0 Å². The number of rotatable bonds is 0. The van der Waals surface area contributed by atoms with Gasteiger partial charge in [0.25, 0.3) is 6.02 Å². The highest BCUT2D eigenvalue weighted by Gasteiger charge is 2.19. The van der Waals surface area contributed by atoms with E-state index in [9.17, 15) is 0 Å². The third kappa shape index (κ3) is 0.757. The van der Waals surface area contributed by atoms with E-state index in [1.807, 2.05) is 13.8 Å². The second kappa shape index (κ2) is 1.65.